The van der Waals surface area contributed by atoms with E-state index in [0.29, 0.717) is 12.1 Å². The molecule has 3 N–H and O–H groups in total. The molecular weight excluding hydrogens is 307 g/mol. The van der Waals surface area contributed by atoms with Gasteiger partial charge in [-0.3, -0.25) is 0 Å². The van der Waals surface area contributed by atoms with Gasteiger partial charge >= 0.3 is 6.03 Å². The van der Waals surface area contributed by atoms with E-state index >= 15 is 0 Å². The van der Waals surface area contributed by atoms with Crippen molar-refractivity contribution in [2.45, 2.75) is 12.5 Å². The van der Waals surface area contributed by atoms with Gasteiger partial charge in [-0.25, -0.2) is 9.18 Å². The predicted molar refractivity (Wildman–Crippen MR) is 84.6 cm³/mol. The van der Waals surface area contributed by atoms with Gasteiger partial charge in [-0.2, -0.15) is 0 Å². The van der Waals surface area contributed by atoms with E-state index in [1.54, 1.807) is 0 Å². The number of rotatable bonds is 5. The van der Waals surface area contributed by atoms with Crippen LogP contribution >= 0.6 is 11.6 Å². The Kier molecular flexibility index (Phi) is 5.75. The predicted octanol–water partition coefficient (Wildman–Crippen LogP) is 3.20. The number of amides is 2. The minimum Gasteiger partial charge on any atom is -0.391 e. The number of aliphatic hydroxyl groups excluding tert-OH is 1. The molecule has 4 nitrogen and oxygen atoms in total. The number of nitrogens with one attached hydrogen (secondary N) is 2. The van der Waals surface area contributed by atoms with Crippen molar-refractivity contribution in [3.05, 3.63) is 64.9 Å². The summed E-state index contributed by atoms with van der Waals surface area (Å²) in [4.78, 5) is 11.7. The Balaban J connectivity index is 1.80. The maximum Gasteiger partial charge on any atom is 0.319 e. The first-order valence-corrected chi connectivity index (χ1v) is 7.14. The summed E-state index contributed by atoms with van der Waals surface area (Å²) in [6.45, 7) is 0.0968. The standard InChI is InChI=1S/C16H16ClFN2O2/c17-14-9-12(18)6-7-15(14)20-16(22)19-10-13(21)8-11-4-2-1-3-5-11/h1-7,9,13,21H,8,10H2,(H2,19,20,22). The van der Waals surface area contributed by atoms with Crippen LogP contribution in [0.5, 0.6) is 0 Å². The van der Waals surface area contributed by atoms with Crippen LogP contribution in [0.25, 0.3) is 0 Å². The minimum absolute atomic E-state index is 0.0968. The molecule has 0 spiro atoms. The van der Waals surface area contributed by atoms with Gasteiger partial charge in [0, 0.05) is 13.0 Å². The quantitative estimate of drug-likeness (QED) is 0.791. The molecule has 0 aliphatic rings. The van der Waals surface area contributed by atoms with Gasteiger partial charge in [0.25, 0.3) is 0 Å². The summed E-state index contributed by atoms with van der Waals surface area (Å²) in [5.41, 5.74) is 1.29. The van der Waals surface area contributed by atoms with Crippen LogP contribution in [0.2, 0.25) is 5.02 Å². The molecule has 0 saturated carbocycles. The second-order valence-electron chi connectivity index (χ2n) is 4.80. The molecule has 0 aromatic heterocycles. The SMILES string of the molecule is O=C(NCC(O)Cc1ccccc1)Nc1ccc(F)cc1Cl. The number of carbonyl (C=O) groups excluding carboxylic acids is 1. The molecule has 2 amide bonds. The summed E-state index contributed by atoms with van der Waals surface area (Å²) in [6, 6.07) is 12.7. The van der Waals surface area contributed by atoms with Crippen LogP contribution in [0.4, 0.5) is 14.9 Å². The van der Waals surface area contributed by atoms with Gasteiger partial charge in [-0.15, -0.1) is 0 Å². The second kappa shape index (κ2) is 7.77. The third-order valence-corrected chi connectivity index (χ3v) is 3.30. The van der Waals surface area contributed by atoms with Crippen molar-refractivity contribution in [3.63, 3.8) is 0 Å². The van der Waals surface area contributed by atoms with Crippen molar-refractivity contribution in [1.82, 2.24) is 5.32 Å². The number of benzene rings is 2. The number of hydrogen-bond acceptors (Lipinski definition) is 2. The lowest BCUT2D eigenvalue weighted by atomic mass is 10.1. The summed E-state index contributed by atoms with van der Waals surface area (Å²) >= 11 is 5.81. The molecule has 1 unspecified atom stereocenters. The lowest BCUT2D eigenvalue weighted by Crippen LogP contribution is -2.36. The third-order valence-electron chi connectivity index (χ3n) is 2.99. The molecule has 2 aromatic carbocycles. The lowest BCUT2D eigenvalue weighted by molar-refractivity contribution is 0.172. The van der Waals surface area contributed by atoms with E-state index in [0.717, 1.165) is 11.6 Å². The van der Waals surface area contributed by atoms with Crippen LogP contribution in [-0.2, 0) is 6.42 Å². The van der Waals surface area contributed by atoms with Crippen molar-refractivity contribution in [3.8, 4) is 0 Å². The van der Waals surface area contributed by atoms with Crippen LogP contribution in [-0.4, -0.2) is 23.8 Å². The first-order chi connectivity index (χ1) is 10.5. The zero-order valence-electron chi connectivity index (χ0n) is 11.7. The van der Waals surface area contributed by atoms with Crippen LogP contribution in [0, 0.1) is 5.82 Å². The highest BCUT2D eigenvalue weighted by atomic mass is 35.5. The zero-order chi connectivity index (χ0) is 15.9. The highest BCUT2D eigenvalue weighted by Gasteiger charge is 2.10. The molecule has 2 rings (SSSR count). The normalized spacial score (nSPS) is 11.8. The van der Waals surface area contributed by atoms with E-state index in [-0.39, 0.29) is 11.6 Å². The van der Waals surface area contributed by atoms with Crippen molar-refractivity contribution in [2.75, 3.05) is 11.9 Å². The van der Waals surface area contributed by atoms with E-state index in [2.05, 4.69) is 10.6 Å². The van der Waals surface area contributed by atoms with Gasteiger partial charge in [0.2, 0.25) is 0 Å². The van der Waals surface area contributed by atoms with Crippen molar-refractivity contribution in [2.24, 2.45) is 0 Å². The zero-order valence-corrected chi connectivity index (χ0v) is 12.5. The van der Waals surface area contributed by atoms with Crippen LogP contribution in [0.1, 0.15) is 5.56 Å². The van der Waals surface area contributed by atoms with E-state index in [9.17, 15) is 14.3 Å². The fourth-order valence-corrected chi connectivity index (χ4v) is 2.14. The monoisotopic (exact) mass is 322 g/mol. The maximum absolute atomic E-state index is 12.9. The van der Waals surface area contributed by atoms with Gasteiger partial charge in [-0.1, -0.05) is 41.9 Å². The molecule has 0 bridgehead atoms. The Morgan fingerprint density at radius 2 is 1.95 bits per heavy atom. The molecule has 0 saturated heterocycles. The Morgan fingerprint density at radius 3 is 2.64 bits per heavy atom. The average molecular weight is 323 g/mol. The summed E-state index contributed by atoms with van der Waals surface area (Å²) in [5.74, 6) is -0.478. The van der Waals surface area contributed by atoms with Gasteiger partial charge in [0.1, 0.15) is 5.82 Å². The highest BCUT2D eigenvalue weighted by molar-refractivity contribution is 6.33. The molecule has 116 valence electrons. The molecule has 0 radical (unpaired) electrons. The number of halogens is 2. The van der Waals surface area contributed by atoms with Crippen molar-refractivity contribution < 1.29 is 14.3 Å². The molecule has 6 heteroatoms. The number of hydrogen-bond donors (Lipinski definition) is 3. The van der Waals surface area contributed by atoms with Gasteiger partial charge < -0.3 is 15.7 Å². The number of carbonyl (C=O) groups is 1. The van der Waals surface area contributed by atoms with E-state index < -0.39 is 18.0 Å². The Hall–Kier alpha value is -2.11. The third kappa shape index (κ3) is 5.02. The summed E-state index contributed by atoms with van der Waals surface area (Å²) in [6.07, 6.45) is -0.254. The smallest absolute Gasteiger partial charge is 0.319 e. The molecule has 0 fully saturated rings. The molecule has 22 heavy (non-hydrogen) atoms. The maximum atomic E-state index is 12.9. The summed E-state index contributed by atoms with van der Waals surface area (Å²) in [5, 5.41) is 15.0. The molecule has 0 heterocycles. The Bertz CT molecular complexity index is 637. The average Bonchev–Trinajstić information content (AvgIpc) is 2.49. The summed E-state index contributed by atoms with van der Waals surface area (Å²) in [7, 11) is 0. The van der Waals surface area contributed by atoms with Crippen LogP contribution in [0.15, 0.2) is 48.5 Å². The first kappa shape index (κ1) is 16.3. The molecular formula is C16H16ClFN2O2. The Morgan fingerprint density at radius 1 is 1.23 bits per heavy atom. The fourth-order valence-electron chi connectivity index (χ4n) is 1.93. The van der Waals surface area contributed by atoms with Crippen molar-refractivity contribution >= 4 is 23.3 Å². The Labute approximate surface area is 132 Å². The topological polar surface area (TPSA) is 61.4 Å². The summed E-state index contributed by atoms with van der Waals surface area (Å²) < 4.78 is 12.9. The molecule has 0 aliphatic carbocycles. The fraction of sp³-hybridized carbons (Fsp3) is 0.188. The van der Waals surface area contributed by atoms with E-state index in [1.807, 2.05) is 30.3 Å². The second-order valence-corrected chi connectivity index (χ2v) is 5.21. The molecule has 0 aliphatic heterocycles. The van der Waals surface area contributed by atoms with Gasteiger partial charge in [-0.05, 0) is 23.8 Å². The minimum atomic E-state index is -0.697. The van der Waals surface area contributed by atoms with Crippen molar-refractivity contribution in [1.29, 1.82) is 0 Å². The largest absolute Gasteiger partial charge is 0.391 e. The molecule has 2 aromatic rings. The number of anilines is 1. The van der Waals surface area contributed by atoms with E-state index in [4.69, 9.17) is 11.6 Å². The van der Waals surface area contributed by atoms with Crippen LogP contribution < -0.4 is 10.6 Å². The molecule has 1 atom stereocenters. The van der Waals surface area contributed by atoms with Gasteiger partial charge in [0.05, 0.1) is 16.8 Å². The number of urea groups is 1. The lowest BCUT2D eigenvalue weighted by Gasteiger charge is -2.13. The van der Waals surface area contributed by atoms with Gasteiger partial charge in [0.15, 0.2) is 0 Å². The highest BCUT2D eigenvalue weighted by Crippen LogP contribution is 2.22. The van der Waals surface area contributed by atoms with E-state index in [1.165, 1.54) is 12.1 Å². The van der Waals surface area contributed by atoms with Crippen LogP contribution in [0.3, 0.4) is 0 Å². The number of aliphatic hydroxyl groups is 1. The first-order valence-electron chi connectivity index (χ1n) is 6.76.